The van der Waals surface area contributed by atoms with E-state index >= 15 is 0 Å². The van der Waals surface area contributed by atoms with Crippen molar-refractivity contribution in [2.45, 2.75) is 23.7 Å². The first kappa shape index (κ1) is 17.6. The Labute approximate surface area is 159 Å². The number of fused-ring (bicyclic) bond motifs is 1. The predicted molar refractivity (Wildman–Crippen MR) is 98.8 cm³/mol. The average molecular weight is 439 g/mol. The van der Waals surface area contributed by atoms with E-state index in [1.165, 1.54) is 16.4 Å². The molecule has 8 heteroatoms. The maximum Gasteiger partial charge on any atom is 0.246 e. The number of halogens is 2. The van der Waals surface area contributed by atoms with Gasteiger partial charge in [0.05, 0.1) is 0 Å². The molecule has 1 aliphatic heterocycles. The zero-order valence-electron chi connectivity index (χ0n) is 13.7. The van der Waals surface area contributed by atoms with Crippen LogP contribution in [0.4, 0.5) is 4.39 Å². The lowest BCUT2D eigenvalue weighted by atomic mass is 10.00. The lowest BCUT2D eigenvalue weighted by Crippen LogP contribution is -2.39. The summed E-state index contributed by atoms with van der Waals surface area (Å²) in [6.07, 6.45) is 1.44. The third-order valence-corrected chi connectivity index (χ3v) is 6.93. The maximum absolute atomic E-state index is 14.1. The number of hydrogen-bond donors (Lipinski definition) is 0. The second kappa shape index (κ2) is 6.75. The van der Waals surface area contributed by atoms with E-state index in [-0.39, 0.29) is 17.4 Å². The van der Waals surface area contributed by atoms with Gasteiger partial charge in [-0.3, -0.25) is 0 Å². The van der Waals surface area contributed by atoms with Gasteiger partial charge in [0, 0.05) is 23.5 Å². The first-order valence-corrected chi connectivity index (χ1v) is 10.5. The molecule has 1 fully saturated rings. The molecule has 4 rings (SSSR count). The molecule has 2 aromatic carbocycles. The number of rotatable bonds is 3. The van der Waals surface area contributed by atoms with Crippen molar-refractivity contribution in [3.63, 3.8) is 0 Å². The molecule has 1 atom stereocenters. The summed E-state index contributed by atoms with van der Waals surface area (Å²) in [5.74, 6) is -0.376. The van der Waals surface area contributed by atoms with Crippen LogP contribution in [0.15, 0.2) is 56.2 Å². The molecule has 2 heterocycles. The fourth-order valence-corrected chi connectivity index (χ4v) is 5.37. The Kier molecular flexibility index (Phi) is 4.58. The van der Waals surface area contributed by atoms with E-state index in [4.69, 9.17) is 4.42 Å². The Morgan fingerprint density at radius 1 is 1.23 bits per heavy atom. The van der Waals surface area contributed by atoms with Gasteiger partial charge in [0.15, 0.2) is 11.5 Å². The number of sulfonamides is 1. The normalized spacial score (nSPS) is 19.1. The standard InChI is InChI=1S/C18H16BrFN2O3S/c19-13-7-8-14(20)17(10-13)26(23,24)22-9-3-4-12(11-22)18-21-15-5-1-2-6-16(15)25-18/h1-2,5-8,10,12H,3-4,9,11H2. The zero-order valence-corrected chi connectivity index (χ0v) is 16.1. The van der Waals surface area contributed by atoms with Gasteiger partial charge in [-0.1, -0.05) is 28.1 Å². The van der Waals surface area contributed by atoms with E-state index in [1.54, 1.807) is 0 Å². The number of benzene rings is 2. The number of hydrogen-bond acceptors (Lipinski definition) is 4. The van der Waals surface area contributed by atoms with Gasteiger partial charge in [0.1, 0.15) is 16.2 Å². The summed E-state index contributed by atoms with van der Waals surface area (Å²) in [5.41, 5.74) is 1.43. The van der Waals surface area contributed by atoms with Crippen LogP contribution in [0.25, 0.3) is 11.1 Å². The molecule has 1 aliphatic rings. The number of para-hydroxylation sites is 2. The van der Waals surface area contributed by atoms with Crippen molar-refractivity contribution in [2.75, 3.05) is 13.1 Å². The summed E-state index contributed by atoms with van der Waals surface area (Å²) in [7, 11) is -3.93. The smallest absolute Gasteiger partial charge is 0.246 e. The largest absolute Gasteiger partial charge is 0.440 e. The van der Waals surface area contributed by atoms with Crippen molar-refractivity contribution in [3.05, 3.63) is 58.6 Å². The van der Waals surface area contributed by atoms with Crippen LogP contribution >= 0.6 is 15.9 Å². The first-order chi connectivity index (χ1) is 12.4. The van der Waals surface area contributed by atoms with Crippen LogP contribution in [0.5, 0.6) is 0 Å². The minimum Gasteiger partial charge on any atom is -0.440 e. The molecule has 0 bridgehead atoms. The molecule has 5 nitrogen and oxygen atoms in total. The van der Waals surface area contributed by atoms with E-state index in [1.807, 2.05) is 24.3 Å². The topological polar surface area (TPSA) is 63.4 Å². The van der Waals surface area contributed by atoms with Crippen molar-refractivity contribution in [1.29, 1.82) is 0 Å². The molecule has 26 heavy (non-hydrogen) atoms. The van der Waals surface area contributed by atoms with Crippen LogP contribution in [-0.2, 0) is 10.0 Å². The van der Waals surface area contributed by atoms with Crippen molar-refractivity contribution < 1.29 is 17.2 Å². The number of oxazole rings is 1. The second-order valence-electron chi connectivity index (χ2n) is 6.30. The molecule has 0 saturated carbocycles. The SMILES string of the molecule is O=S(=O)(c1cc(Br)ccc1F)N1CCCC(c2nc3ccccc3o2)C1. The van der Waals surface area contributed by atoms with Crippen LogP contribution in [0.1, 0.15) is 24.7 Å². The molecule has 0 amide bonds. The van der Waals surface area contributed by atoms with Gasteiger partial charge < -0.3 is 4.42 Å². The lowest BCUT2D eigenvalue weighted by molar-refractivity contribution is 0.287. The average Bonchev–Trinajstić information content (AvgIpc) is 3.08. The van der Waals surface area contributed by atoms with Crippen molar-refractivity contribution in [2.24, 2.45) is 0 Å². The van der Waals surface area contributed by atoms with Crippen molar-refractivity contribution in [3.8, 4) is 0 Å². The van der Waals surface area contributed by atoms with Crippen LogP contribution in [0.3, 0.4) is 0 Å². The molecule has 1 aromatic heterocycles. The van der Waals surface area contributed by atoms with Crippen molar-refractivity contribution >= 4 is 37.1 Å². The quantitative estimate of drug-likeness (QED) is 0.611. The molecule has 0 aliphatic carbocycles. The van der Waals surface area contributed by atoms with E-state index < -0.39 is 15.8 Å². The summed E-state index contributed by atoms with van der Waals surface area (Å²) in [4.78, 5) is 4.17. The van der Waals surface area contributed by atoms with Gasteiger partial charge in [-0.15, -0.1) is 0 Å². The van der Waals surface area contributed by atoms with Crippen LogP contribution < -0.4 is 0 Å². The highest BCUT2D eigenvalue weighted by molar-refractivity contribution is 9.10. The summed E-state index contributed by atoms with van der Waals surface area (Å²) in [6, 6.07) is 11.4. The predicted octanol–water partition coefficient (Wildman–Crippen LogP) is 4.30. The third-order valence-electron chi connectivity index (χ3n) is 4.55. The van der Waals surface area contributed by atoms with Gasteiger partial charge >= 0.3 is 0 Å². The number of nitrogens with zero attached hydrogens (tertiary/aromatic N) is 2. The van der Waals surface area contributed by atoms with Crippen LogP contribution in [0.2, 0.25) is 0 Å². The van der Waals surface area contributed by atoms with Gasteiger partial charge in [-0.25, -0.2) is 17.8 Å². The van der Waals surface area contributed by atoms with E-state index in [0.29, 0.717) is 28.9 Å². The summed E-state index contributed by atoms with van der Waals surface area (Å²) in [5, 5.41) is 0. The third kappa shape index (κ3) is 3.17. The van der Waals surface area contributed by atoms with Gasteiger partial charge in [-0.2, -0.15) is 4.31 Å². The Bertz CT molecular complexity index is 1030. The number of aromatic nitrogens is 1. The monoisotopic (exact) mass is 438 g/mol. The molecule has 136 valence electrons. The molecular weight excluding hydrogens is 423 g/mol. The Hall–Kier alpha value is -1.77. The summed E-state index contributed by atoms with van der Waals surface area (Å²) < 4.78 is 47.6. The molecule has 1 unspecified atom stereocenters. The summed E-state index contributed by atoms with van der Waals surface area (Å²) >= 11 is 3.21. The van der Waals surface area contributed by atoms with Crippen molar-refractivity contribution in [1.82, 2.24) is 9.29 Å². The second-order valence-corrected chi connectivity index (χ2v) is 9.12. The number of piperidine rings is 1. The van der Waals surface area contributed by atoms with Crippen LogP contribution in [-0.4, -0.2) is 30.8 Å². The summed E-state index contributed by atoms with van der Waals surface area (Å²) in [6.45, 7) is 0.576. The Morgan fingerprint density at radius 2 is 2.04 bits per heavy atom. The van der Waals surface area contributed by atoms with Gasteiger partial charge in [0.25, 0.3) is 0 Å². The maximum atomic E-state index is 14.1. The minimum absolute atomic E-state index is 0.152. The Balaban J connectivity index is 1.64. The Morgan fingerprint density at radius 3 is 2.85 bits per heavy atom. The molecule has 0 spiro atoms. The van der Waals surface area contributed by atoms with E-state index in [0.717, 1.165) is 18.0 Å². The van der Waals surface area contributed by atoms with Crippen LogP contribution in [0, 0.1) is 5.82 Å². The highest BCUT2D eigenvalue weighted by Crippen LogP contribution is 2.32. The fourth-order valence-electron chi connectivity index (χ4n) is 3.24. The molecule has 0 radical (unpaired) electrons. The van der Waals surface area contributed by atoms with E-state index in [9.17, 15) is 12.8 Å². The van der Waals surface area contributed by atoms with Gasteiger partial charge in [0.2, 0.25) is 10.0 Å². The first-order valence-electron chi connectivity index (χ1n) is 8.26. The molecule has 1 saturated heterocycles. The highest BCUT2D eigenvalue weighted by Gasteiger charge is 2.34. The fraction of sp³-hybridized carbons (Fsp3) is 0.278. The van der Waals surface area contributed by atoms with Gasteiger partial charge in [-0.05, 0) is 43.2 Å². The minimum atomic E-state index is -3.93. The highest BCUT2D eigenvalue weighted by atomic mass is 79.9. The lowest BCUT2D eigenvalue weighted by Gasteiger charge is -2.30. The molecule has 3 aromatic rings. The molecule has 0 N–H and O–H groups in total. The molecular formula is C18H16BrFN2O3S. The van der Waals surface area contributed by atoms with E-state index in [2.05, 4.69) is 20.9 Å². The zero-order chi connectivity index (χ0) is 18.3.